The monoisotopic (exact) mass is 453 g/mol. The molecule has 0 radical (unpaired) electrons. The van der Waals surface area contributed by atoms with Crippen LogP contribution in [0.5, 0.6) is 5.75 Å². The number of aliphatic hydroxyl groups is 1. The number of hydrogen-bond donors (Lipinski definition) is 2. The predicted octanol–water partition coefficient (Wildman–Crippen LogP) is 3.04. The van der Waals surface area contributed by atoms with Gasteiger partial charge in [0.05, 0.1) is 31.0 Å². The van der Waals surface area contributed by atoms with E-state index in [-0.39, 0.29) is 12.0 Å². The minimum absolute atomic E-state index is 0.0999. The summed E-state index contributed by atoms with van der Waals surface area (Å²) in [5, 5.41) is 18.6. The van der Waals surface area contributed by atoms with Gasteiger partial charge < -0.3 is 24.7 Å². The van der Waals surface area contributed by atoms with Crippen LogP contribution in [-0.2, 0) is 11.2 Å². The zero-order valence-electron chi connectivity index (χ0n) is 18.7. The second-order valence-corrected chi connectivity index (χ2v) is 8.89. The first-order chi connectivity index (χ1) is 16.0. The van der Waals surface area contributed by atoms with Crippen LogP contribution in [0.1, 0.15) is 31.2 Å². The van der Waals surface area contributed by atoms with Crippen molar-refractivity contribution in [1.82, 2.24) is 14.8 Å². The molecule has 3 heterocycles. The SMILES string of the molecule is O=C(O)N1CCC(COc2ccc(-c3ccc(CC(=O)N4CCC(O)CC4)cc3)nc2)CC1. The molecule has 4 rings (SSSR count). The number of benzene rings is 1. The molecule has 2 aliphatic heterocycles. The number of piperidine rings is 2. The molecule has 0 unspecified atom stereocenters. The van der Waals surface area contributed by atoms with E-state index in [0.717, 1.165) is 29.7 Å². The highest BCUT2D eigenvalue weighted by Crippen LogP contribution is 2.23. The van der Waals surface area contributed by atoms with Crippen LogP contribution in [0, 0.1) is 5.92 Å². The highest BCUT2D eigenvalue weighted by molar-refractivity contribution is 5.79. The van der Waals surface area contributed by atoms with Crippen molar-refractivity contribution in [3.05, 3.63) is 48.2 Å². The van der Waals surface area contributed by atoms with Crippen LogP contribution in [0.4, 0.5) is 4.79 Å². The summed E-state index contributed by atoms with van der Waals surface area (Å²) in [7, 11) is 0. The number of amides is 2. The van der Waals surface area contributed by atoms with Crippen LogP contribution in [0.15, 0.2) is 42.6 Å². The summed E-state index contributed by atoms with van der Waals surface area (Å²) in [6.07, 6.45) is 3.87. The summed E-state index contributed by atoms with van der Waals surface area (Å²) >= 11 is 0. The average Bonchev–Trinajstić information content (AvgIpc) is 2.84. The Morgan fingerprint density at radius 1 is 0.939 bits per heavy atom. The van der Waals surface area contributed by atoms with Crippen LogP contribution < -0.4 is 4.74 Å². The lowest BCUT2D eigenvalue weighted by atomic mass is 9.98. The van der Waals surface area contributed by atoms with Gasteiger partial charge in [0.25, 0.3) is 0 Å². The van der Waals surface area contributed by atoms with Gasteiger partial charge in [-0.05, 0) is 49.3 Å². The summed E-state index contributed by atoms with van der Waals surface area (Å²) in [6.45, 7) is 2.93. The first-order valence-corrected chi connectivity index (χ1v) is 11.6. The molecule has 2 fully saturated rings. The van der Waals surface area contributed by atoms with E-state index in [1.807, 2.05) is 41.3 Å². The molecule has 8 heteroatoms. The van der Waals surface area contributed by atoms with Gasteiger partial charge in [0.2, 0.25) is 5.91 Å². The van der Waals surface area contributed by atoms with E-state index in [1.54, 1.807) is 6.20 Å². The van der Waals surface area contributed by atoms with Crippen molar-refractivity contribution in [2.24, 2.45) is 5.92 Å². The summed E-state index contributed by atoms with van der Waals surface area (Å²) in [6, 6.07) is 11.7. The summed E-state index contributed by atoms with van der Waals surface area (Å²) in [5.41, 5.74) is 2.77. The molecule has 2 aliphatic rings. The van der Waals surface area contributed by atoms with Crippen molar-refractivity contribution in [3.8, 4) is 17.0 Å². The van der Waals surface area contributed by atoms with Crippen LogP contribution in [-0.4, -0.2) is 75.9 Å². The first-order valence-electron chi connectivity index (χ1n) is 11.6. The molecule has 2 saturated heterocycles. The normalized spacial score (nSPS) is 17.7. The molecule has 0 aliphatic carbocycles. The third-order valence-electron chi connectivity index (χ3n) is 6.53. The quantitative estimate of drug-likeness (QED) is 0.697. The number of ether oxygens (including phenoxy) is 1. The zero-order chi connectivity index (χ0) is 23.2. The standard InChI is InChI=1S/C25H31N3O5/c29-21-9-13-27(14-10-21)24(30)15-18-1-3-20(4-2-18)23-6-5-22(16-26-23)33-17-19-7-11-28(12-8-19)25(31)32/h1-6,16,19,21,29H,7-15,17H2,(H,31,32). The van der Waals surface area contributed by atoms with Gasteiger partial charge in [-0.3, -0.25) is 9.78 Å². The van der Waals surface area contributed by atoms with Crippen LogP contribution in [0.2, 0.25) is 0 Å². The minimum Gasteiger partial charge on any atom is -0.492 e. The van der Waals surface area contributed by atoms with Crippen LogP contribution in [0.3, 0.4) is 0 Å². The lowest BCUT2D eigenvalue weighted by Gasteiger charge is -2.29. The maximum absolute atomic E-state index is 12.5. The molecule has 0 bridgehead atoms. The number of carboxylic acid groups (broad SMARTS) is 1. The molecular weight excluding hydrogens is 422 g/mol. The van der Waals surface area contributed by atoms with Gasteiger partial charge in [-0.1, -0.05) is 24.3 Å². The average molecular weight is 454 g/mol. The molecule has 1 aromatic heterocycles. The maximum Gasteiger partial charge on any atom is 0.407 e. The van der Waals surface area contributed by atoms with E-state index in [1.165, 1.54) is 4.90 Å². The van der Waals surface area contributed by atoms with Crippen LogP contribution in [0.25, 0.3) is 11.3 Å². The third kappa shape index (κ3) is 6.22. The number of nitrogens with zero attached hydrogens (tertiary/aromatic N) is 3. The van der Waals surface area contributed by atoms with Gasteiger partial charge in [0, 0.05) is 31.7 Å². The van der Waals surface area contributed by atoms with E-state index in [2.05, 4.69) is 4.98 Å². The van der Waals surface area contributed by atoms with Crippen molar-refractivity contribution in [3.63, 3.8) is 0 Å². The van der Waals surface area contributed by atoms with Crippen molar-refractivity contribution < 1.29 is 24.5 Å². The lowest BCUT2D eigenvalue weighted by Crippen LogP contribution is -2.40. The molecule has 2 amide bonds. The van der Waals surface area contributed by atoms with Crippen molar-refractivity contribution in [2.45, 2.75) is 38.2 Å². The molecule has 0 saturated carbocycles. The molecule has 2 N–H and O–H groups in total. The summed E-state index contributed by atoms with van der Waals surface area (Å²) in [4.78, 5) is 31.3. The minimum atomic E-state index is -0.850. The fraction of sp³-hybridized carbons (Fsp3) is 0.480. The van der Waals surface area contributed by atoms with E-state index in [4.69, 9.17) is 9.84 Å². The molecule has 8 nitrogen and oxygen atoms in total. The lowest BCUT2D eigenvalue weighted by molar-refractivity contribution is -0.132. The van der Waals surface area contributed by atoms with E-state index < -0.39 is 6.09 Å². The smallest absolute Gasteiger partial charge is 0.407 e. The Labute approximate surface area is 193 Å². The number of aromatic nitrogens is 1. The fourth-order valence-corrected chi connectivity index (χ4v) is 4.34. The van der Waals surface area contributed by atoms with E-state index in [9.17, 15) is 14.7 Å². The molecule has 2 aromatic rings. The van der Waals surface area contributed by atoms with Crippen molar-refractivity contribution >= 4 is 12.0 Å². The predicted molar refractivity (Wildman–Crippen MR) is 123 cm³/mol. The number of hydrogen-bond acceptors (Lipinski definition) is 5. The molecule has 1 aromatic carbocycles. The third-order valence-corrected chi connectivity index (χ3v) is 6.53. The first kappa shape index (κ1) is 23.0. The molecule has 176 valence electrons. The Morgan fingerprint density at radius 3 is 2.21 bits per heavy atom. The highest BCUT2D eigenvalue weighted by atomic mass is 16.5. The number of rotatable bonds is 6. The maximum atomic E-state index is 12.5. The topological polar surface area (TPSA) is 103 Å². The van der Waals surface area contributed by atoms with Gasteiger partial charge in [0.1, 0.15) is 5.75 Å². The van der Waals surface area contributed by atoms with Crippen molar-refractivity contribution in [1.29, 1.82) is 0 Å². The number of carbonyl (C=O) groups is 2. The summed E-state index contributed by atoms with van der Waals surface area (Å²) in [5.74, 6) is 1.15. The molecular formula is C25H31N3O5. The fourth-order valence-electron chi connectivity index (χ4n) is 4.34. The Kier molecular flexibility index (Phi) is 7.44. The van der Waals surface area contributed by atoms with Gasteiger partial charge in [-0.25, -0.2) is 4.79 Å². The Hall–Kier alpha value is -3.13. The molecule has 33 heavy (non-hydrogen) atoms. The van der Waals surface area contributed by atoms with Gasteiger partial charge >= 0.3 is 6.09 Å². The van der Waals surface area contributed by atoms with Gasteiger partial charge in [0.15, 0.2) is 0 Å². The van der Waals surface area contributed by atoms with Gasteiger partial charge in [-0.15, -0.1) is 0 Å². The number of likely N-dealkylation sites (tertiary alicyclic amines) is 2. The Bertz CT molecular complexity index is 932. The van der Waals surface area contributed by atoms with E-state index >= 15 is 0 Å². The molecule has 0 atom stereocenters. The van der Waals surface area contributed by atoms with Crippen LogP contribution >= 0.6 is 0 Å². The van der Waals surface area contributed by atoms with Gasteiger partial charge in [-0.2, -0.15) is 0 Å². The largest absolute Gasteiger partial charge is 0.492 e. The highest BCUT2D eigenvalue weighted by Gasteiger charge is 2.23. The second kappa shape index (κ2) is 10.7. The number of pyridine rings is 1. The Balaban J connectivity index is 1.25. The second-order valence-electron chi connectivity index (χ2n) is 8.89. The number of carbonyl (C=O) groups excluding carboxylic acids is 1. The Morgan fingerprint density at radius 2 is 1.61 bits per heavy atom. The summed E-state index contributed by atoms with van der Waals surface area (Å²) < 4.78 is 5.87. The van der Waals surface area contributed by atoms with E-state index in [0.29, 0.717) is 63.7 Å². The number of aliphatic hydroxyl groups excluding tert-OH is 1. The zero-order valence-corrected chi connectivity index (χ0v) is 18.7. The molecule has 0 spiro atoms. The van der Waals surface area contributed by atoms with Crippen molar-refractivity contribution in [2.75, 3.05) is 32.8 Å².